The van der Waals surface area contributed by atoms with Gasteiger partial charge in [-0.05, 0) is 19.0 Å². The number of unbranched alkanes of at least 4 members (excludes halogenated alkanes) is 1. The Morgan fingerprint density at radius 2 is 2.21 bits per heavy atom. The van der Waals surface area contributed by atoms with Crippen molar-refractivity contribution in [2.24, 2.45) is 11.6 Å². The van der Waals surface area contributed by atoms with Crippen LogP contribution in [0, 0.1) is 0 Å². The van der Waals surface area contributed by atoms with Crippen molar-refractivity contribution in [2.75, 3.05) is 13.1 Å². The number of furan rings is 1. The molecule has 1 rings (SSSR count). The molecule has 0 saturated heterocycles. The second-order valence-corrected chi connectivity index (χ2v) is 4.31. The molecular formula is C12H20N4O3. The van der Waals surface area contributed by atoms with Gasteiger partial charge in [0.1, 0.15) is 12.0 Å². The highest BCUT2D eigenvalue weighted by Gasteiger charge is 2.13. The summed E-state index contributed by atoms with van der Waals surface area (Å²) in [5, 5.41) is 0. The van der Waals surface area contributed by atoms with Crippen LogP contribution in [0.5, 0.6) is 0 Å². The van der Waals surface area contributed by atoms with Gasteiger partial charge in [-0.25, -0.2) is 5.84 Å². The number of nitrogens with two attached hydrogens (primary N) is 2. The van der Waals surface area contributed by atoms with E-state index in [1.807, 2.05) is 10.3 Å². The summed E-state index contributed by atoms with van der Waals surface area (Å²) in [7, 11) is 0. The van der Waals surface area contributed by atoms with Gasteiger partial charge in [0.25, 0.3) is 5.91 Å². The van der Waals surface area contributed by atoms with E-state index in [0.717, 1.165) is 19.4 Å². The summed E-state index contributed by atoms with van der Waals surface area (Å²) in [6, 6.07) is 1.60. The summed E-state index contributed by atoms with van der Waals surface area (Å²) in [5.74, 6) is 4.83. The molecule has 1 aromatic heterocycles. The van der Waals surface area contributed by atoms with E-state index in [2.05, 4.69) is 6.92 Å². The maximum atomic E-state index is 11.3. The summed E-state index contributed by atoms with van der Waals surface area (Å²) in [6.45, 7) is 3.41. The smallest absolute Gasteiger partial charge is 0.268 e. The summed E-state index contributed by atoms with van der Waals surface area (Å²) < 4.78 is 5.27. The number of hydrazine groups is 1. The van der Waals surface area contributed by atoms with Crippen LogP contribution < -0.4 is 17.0 Å². The van der Waals surface area contributed by atoms with Crippen molar-refractivity contribution in [1.82, 2.24) is 10.3 Å². The lowest BCUT2D eigenvalue weighted by Crippen LogP contribution is -2.34. The van der Waals surface area contributed by atoms with E-state index in [0.29, 0.717) is 17.9 Å². The zero-order chi connectivity index (χ0) is 14.3. The number of amides is 2. The van der Waals surface area contributed by atoms with Crippen molar-refractivity contribution in [3.63, 3.8) is 0 Å². The molecule has 0 aliphatic heterocycles. The first-order valence-electron chi connectivity index (χ1n) is 6.15. The van der Waals surface area contributed by atoms with Crippen LogP contribution in [0.3, 0.4) is 0 Å². The molecule has 7 heteroatoms. The zero-order valence-electron chi connectivity index (χ0n) is 11.0. The Morgan fingerprint density at radius 3 is 2.79 bits per heavy atom. The molecule has 0 aliphatic carbocycles. The van der Waals surface area contributed by atoms with Gasteiger partial charge in [-0.3, -0.25) is 19.9 Å². The van der Waals surface area contributed by atoms with Gasteiger partial charge < -0.3 is 10.2 Å². The highest BCUT2D eigenvalue weighted by molar-refractivity contribution is 5.93. The number of carbonyl (C=O) groups is 2. The Morgan fingerprint density at radius 1 is 1.47 bits per heavy atom. The summed E-state index contributed by atoms with van der Waals surface area (Å²) in [5.41, 5.74) is 7.58. The van der Waals surface area contributed by atoms with E-state index in [4.69, 9.17) is 16.0 Å². The number of hydrogen-bond acceptors (Lipinski definition) is 5. The lowest BCUT2D eigenvalue weighted by atomic mass is 10.2. The Labute approximate surface area is 111 Å². The lowest BCUT2D eigenvalue weighted by Gasteiger charge is -2.18. The van der Waals surface area contributed by atoms with Gasteiger partial charge in [0.15, 0.2) is 0 Å². The fourth-order valence-corrected chi connectivity index (χ4v) is 1.70. The van der Waals surface area contributed by atoms with Gasteiger partial charge in [-0.15, -0.1) is 0 Å². The van der Waals surface area contributed by atoms with Crippen LogP contribution in [0.4, 0.5) is 0 Å². The minimum atomic E-state index is -0.412. The summed E-state index contributed by atoms with van der Waals surface area (Å²) in [6.07, 6.45) is 3.32. The first-order valence-corrected chi connectivity index (χ1v) is 6.15. The largest absolute Gasteiger partial charge is 0.467 e. The maximum absolute atomic E-state index is 11.3. The van der Waals surface area contributed by atoms with E-state index < -0.39 is 5.91 Å². The van der Waals surface area contributed by atoms with Gasteiger partial charge in [0.05, 0.1) is 18.7 Å². The van der Waals surface area contributed by atoms with Gasteiger partial charge in [-0.2, -0.15) is 0 Å². The average Bonchev–Trinajstić information content (AvgIpc) is 2.82. The van der Waals surface area contributed by atoms with Gasteiger partial charge in [0, 0.05) is 0 Å². The van der Waals surface area contributed by atoms with Crippen LogP contribution in [0.25, 0.3) is 0 Å². The van der Waals surface area contributed by atoms with Crippen molar-refractivity contribution >= 4 is 11.8 Å². The van der Waals surface area contributed by atoms with Crippen molar-refractivity contribution in [1.29, 1.82) is 0 Å². The van der Waals surface area contributed by atoms with Crippen LogP contribution in [0.15, 0.2) is 16.7 Å². The zero-order valence-corrected chi connectivity index (χ0v) is 11.0. The van der Waals surface area contributed by atoms with Crippen LogP contribution in [0.1, 0.15) is 35.9 Å². The minimum Gasteiger partial charge on any atom is -0.467 e. The molecule has 0 unspecified atom stereocenters. The van der Waals surface area contributed by atoms with Gasteiger partial charge in [-0.1, -0.05) is 13.3 Å². The van der Waals surface area contributed by atoms with Crippen molar-refractivity contribution in [3.8, 4) is 0 Å². The fourth-order valence-electron chi connectivity index (χ4n) is 1.70. The number of nitrogens with zero attached hydrogens (tertiary/aromatic N) is 1. The molecule has 1 aromatic rings. The Hall–Kier alpha value is -1.86. The molecule has 0 aromatic carbocycles. The molecule has 2 amide bonds. The van der Waals surface area contributed by atoms with Crippen molar-refractivity contribution in [3.05, 3.63) is 23.7 Å². The quantitative estimate of drug-likeness (QED) is 0.348. The van der Waals surface area contributed by atoms with Crippen LogP contribution in [-0.2, 0) is 11.3 Å². The van der Waals surface area contributed by atoms with Gasteiger partial charge in [0.2, 0.25) is 5.91 Å². The number of rotatable bonds is 8. The van der Waals surface area contributed by atoms with E-state index >= 15 is 0 Å². The third-order valence-corrected chi connectivity index (χ3v) is 2.63. The SMILES string of the molecule is CCCCN(CC(N)=O)Cc1cc(C(=O)NN)co1. The predicted octanol–water partition coefficient (Wildman–Crippen LogP) is -0.0295. The number of nitrogen functional groups attached to an aromatic ring is 1. The molecule has 0 fully saturated rings. The third-order valence-electron chi connectivity index (χ3n) is 2.63. The minimum absolute atomic E-state index is 0.166. The molecule has 0 spiro atoms. The van der Waals surface area contributed by atoms with E-state index in [9.17, 15) is 9.59 Å². The van der Waals surface area contributed by atoms with E-state index in [1.54, 1.807) is 6.07 Å². The lowest BCUT2D eigenvalue weighted by molar-refractivity contribution is -0.119. The Bertz CT molecular complexity index is 430. The highest BCUT2D eigenvalue weighted by atomic mass is 16.3. The van der Waals surface area contributed by atoms with Crippen LogP contribution >= 0.6 is 0 Å². The molecule has 0 saturated carbocycles. The molecule has 0 aliphatic rings. The first-order chi connectivity index (χ1) is 9.06. The van der Waals surface area contributed by atoms with E-state index in [-0.39, 0.29) is 12.5 Å². The van der Waals surface area contributed by atoms with Crippen molar-refractivity contribution in [2.45, 2.75) is 26.3 Å². The molecule has 106 valence electrons. The average molecular weight is 268 g/mol. The van der Waals surface area contributed by atoms with Gasteiger partial charge >= 0.3 is 0 Å². The number of carbonyl (C=O) groups excluding carboxylic acids is 2. The molecule has 0 bridgehead atoms. The number of hydrogen-bond donors (Lipinski definition) is 3. The highest BCUT2D eigenvalue weighted by Crippen LogP contribution is 2.11. The maximum Gasteiger partial charge on any atom is 0.268 e. The molecule has 5 N–H and O–H groups in total. The Balaban J connectivity index is 2.64. The normalized spacial score (nSPS) is 10.7. The van der Waals surface area contributed by atoms with Crippen LogP contribution in [0.2, 0.25) is 0 Å². The molecule has 19 heavy (non-hydrogen) atoms. The standard InChI is InChI=1S/C12H20N4O3/c1-2-3-4-16(7-11(13)17)6-10-5-9(8-19-10)12(18)15-14/h5,8H,2-4,6-7,14H2,1H3,(H2,13,17)(H,15,18). The molecular weight excluding hydrogens is 248 g/mol. The number of primary amides is 1. The third kappa shape index (κ3) is 5.11. The topological polar surface area (TPSA) is 115 Å². The summed E-state index contributed by atoms with van der Waals surface area (Å²) in [4.78, 5) is 24.2. The second-order valence-electron chi connectivity index (χ2n) is 4.31. The molecule has 0 radical (unpaired) electrons. The molecule has 0 atom stereocenters. The van der Waals surface area contributed by atoms with E-state index in [1.165, 1.54) is 6.26 Å². The molecule has 1 heterocycles. The summed E-state index contributed by atoms with van der Waals surface area (Å²) >= 11 is 0. The number of nitrogens with one attached hydrogen (secondary N) is 1. The Kier molecular flexibility index (Phi) is 6.04. The predicted molar refractivity (Wildman–Crippen MR) is 69.7 cm³/mol. The van der Waals surface area contributed by atoms with Crippen molar-refractivity contribution < 1.29 is 14.0 Å². The first kappa shape index (κ1) is 15.2. The van der Waals surface area contributed by atoms with Crippen LogP contribution in [-0.4, -0.2) is 29.8 Å². The monoisotopic (exact) mass is 268 g/mol. The molecule has 7 nitrogen and oxygen atoms in total. The fraction of sp³-hybridized carbons (Fsp3) is 0.500. The second kappa shape index (κ2) is 7.55.